The Balaban J connectivity index is 1.48. The summed E-state index contributed by atoms with van der Waals surface area (Å²) >= 11 is 5.90. The minimum absolute atomic E-state index is 0.0474. The van der Waals surface area contributed by atoms with Crippen molar-refractivity contribution in [2.45, 2.75) is 13.0 Å². The molecule has 144 valence electrons. The van der Waals surface area contributed by atoms with Crippen molar-refractivity contribution < 1.29 is 9.53 Å². The molecule has 0 aliphatic carbocycles. The van der Waals surface area contributed by atoms with Gasteiger partial charge in [0.05, 0.1) is 5.69 Å². The van der Waals surface area contributed by atoms with Crippen molar-refractivity contribution in [2.24, 2.45) is 0 Å². The molecule has 2 aromatic carbocycles. The van der Waals surface area contributed by atoms with Crippen LogP contribution in [0.25, 0.3) is 11.3 Å². The fourth-order valence-corrected chi connectivity index (χ4v) is 2.68. The summed E-state index contributed by atoms with van der Waals surface area (Å²) in [6.45, 7) is 0.782. The summed E-state index contributed by atoms with van der Waals surface area (Å²) in [5.41, 5.74) is 1.39. The van der Waals surface area contributed by atoms with Crippen molar-refractivity contribution in [3.05, 3.63) is 82.1 Å². The molecule has 1 aromatic heterocycles. The summed E-state index contributed by atoms with van der Waals surface area (Å²) in [4.78, 5) is 23.8. The van der Waals surface area contributed by atoms with Gasteiger partial charge >= 0.3 is 0 Å². The number of ether oxygens (including phenoxy) is 1. The van der Waals surface area contributed by atoms with Crippen LogP contribution in [0.1, 0.15) is 6.42 Å². The molecule has 0 radical (unpaired) electrons. The number of carbonyl (C=O) groups excluding carboxylic acids is 1. The maximum Gasteiger partial charge on any atom is 0.266 e. The van der Waals surface area contributed by atoms with Gasteiger partial charge in [-0.2, -0.15) is 5.10 Å². The lowest BCUT2D eigenvalue weighted by molar-refractivity contribution is -0.123. The van der Waals surface area contributed by atoms with E-state index in [0.717, 1.165) is 5.56 Å². The lowest BCUT2D eigenvalue weighted by Crippen LogP contribution is -2.31. The molecule has 0 unspecified atom stereocenters. The lowest BCUT2D eigenvalue weighted by Gasteiger charge is -2.09. The highest BCUT2D eigenvalue weighted by atomic mass is 35.5. The topological polar surface area (TPSA) is 73.2 Å². The normalized spacial score (nSPS) is 10.5. The molecule has 6 nitrogen and oxygen atoms in total. The summed E-state index contributed by atoms with van der Waals surface area (Å²) < 4.78 is 6.79. The minimum Gasteiger partial charge on any atom is -0.484 e. The number of benzene rings is 2. The second kappa shape index (κ2) is 9.71. The van der Waals surface area contributed by atoms with Crippen LogP contribution in [0.15, 0.2) is 71.5 Å². The lowest BCUT2D eigenvalue weighted by atomic mass is 10.1. The van der Waals surface area contributed by atoms with Gasteiger partial charge in [0.1, 0.15) is 5.75 Å². The Bertz CT molecular complexity index is 972. The monoisotopic (exact) mass is 397 g/mol. The number of para-hydroxylation sites is 1. The third-order valence-corrected chi connectivity index (χ3v) is 4.24. The molecule has 0 aliphatic heterocycles. The highest BCUT2D eigenvalue weighted by Gasteiger charge is 2.05. The maximum absolute atomic E-state index is 12.0. The van der Waals surface area contributed by atoms with Crippen LogP contribution >= 0.6 is 11.6 Å². The highest BCUT2D eigenvalue weighted by molar-refractivity contribution is 6.30. The van der Waals surface area contributed by atoms with Crippen LogP contribution in [0, 0.1) is 0 Å². The van der Waals surface area contributed by atoms with E-state index in [0.29, 0.717) is 36.0 Å². The number of amides is 1. The molecule has 1 N–H and O–H groups in total. The standard InChI is InChI=1S/C21H20ClN3O3/c22-17-9-7-16(8-10-17)19-11-12-21(27)25(24-19)14-4-13-23-20(26)15-28-18-5-2-1-3-6-18/h1-3,5-12H,4,13-15H2,(H,23,26). The fourth-order valence-electron chi connectivity index (χ4n) is 2.56. The average molecular weight is 398 g/mol. The molecular weight excluding hydrogens is 378 g/mol. The number of nitrogens with zero attached hydrogens (tertiary/aromatic N) is 2. The molecule has 28 heavy (non-hydrogen) atoms. The van der Waals surface area contributed by atoms with E-state index in [4.69, 9.17) is 16.3 Å². The number of aromatic nitrogens is 2. The van der Waals surface area contributed by atoms with Crippen molar-refractivity contribution >= 4 is 17.5 Å². The SMILES string of the molecule is O=C(COc1ccccc1)NCCCn1nc(-c2ccc(Cl)cc2)ccc1=O. The van der Waals surface area contributed by atoms with Crippen LogP contribution in [-0.4, -0.2) is 28.8 Å². The molecule has 0 saturated heterocycles. The van der Waals surface area contributed by atoms with Gasteiger partial charge in [0.25, 0.3) is 11.5 Å². The fraction of sp³-hybridized carbons (Fsp3) is 0.190. The minimum atomic E-state index is -0.209. The number of nitrogens with one attached hydrogen (secondary N) is 1. The quantitative estimate of drug-likeness (QED) is 0.592. The Hall–Kier alpha value is -3.12. The zero-order chi connectivity index (χ0) is 19.8. The first-order chi connectivity index (χ1) is 13.6. The Morgan fingerprint density at radius 3 is 2.54 bits per heavy atom. The van der Waals surface area contributed by atoms with E-state index in [1.807, 2.05) is 30.3 Å². The van der Waals surface area contributed by atoms with Crippen LogP contribution in [0.3, 0.4) is 0 Å². The molecule has 0 aliphatic rings. The Kier molecular flexibility index (Phi) is 6.81. The first-order valence-electron chi connectivity index (χ1n) is 8.90. The molecular formula is C21H20ClN3O3. The van der Waals surface area contributed by atoms with Gasteiger partial charge in [0.2, 0.25) is 0 Å². The van der Waals surface area contributed by atoms with Crippen LogP contribution in [0.4, 0.5) is 0 Å². The summed E-state index contributed by atoms with van der Waals surface area (Å²) in [6, 6.07) is 19.6. The summed E-state index contributed by atoms with van der Waals surface area (Å²) in [6.07, 6.45) is 0.577. The molecule has 7 heteroatoms. The van der Waals surface area contributed by atoms with Gasteiger partial charge in [-0.3, -0.25) is 9.59 Å². The van der Waals surface area contributed by atoms with Gasteiger partial charge in [-0.05, 0) is 36.8 Å². The Morgan fingerprint density at radius 2 is 1.79 bits per heavy atom. The van der Waals surface area contributed by atoms with E-state index in [9.17, 15) is 9.59 Å². The largest absolute Gasteiger partial charge is 0.484 e. The number of hydrogen-bond donors (Lipinski definition) is 1. The number of halogens is 1. The predicted molar refractivity (Wildman–Crippen MR) is 109 cm³/mol. The maximum atomic E-state index is 12.0. The van der Waals surface area contributed by atoms with Crippen LogP contribution in [0.2, 0.25) is 5.02 Å². The molecule has 1 amide bonds. The molecule has 0 spiro atoms. The first-order valence-corrected chi connectivity index (χ1v) is 9.28. The zero-order valence-electron chi connectivity index (χ0n) is 15.2. The molecule has 0 atom stereocenters. The number of aryl methyl sites for hydroxylation is 1. The van der Waals surface area contributed by atoms with E-state index in [2.05, 4.69) is 10.4 Å². The van der Waals surface area contributed by atoms with Crippen molar-refractivity contribution in [1.82, 2.24) is 15.1 Å². The van der Waals surface area contributed by atoms with Gasteiger partial charge in [-0.1, -0.05) is 41.9 Å². The van der Waals surface area contributed by atoms with Gasteiger partial charge in [0, 0.05) is 29.7 Å². The van der Waals surface area contributed by atoms with Crippen molar-refractivity contribution in [1.29, 1.82) is 0 Å². The second-order valence-electron chi connectivity index (χ2n) is 6.09. The molecule has 1 heterocycles. The summed E-state index contributed by atoms with van der Waals surface area (Å²) in [5, 5.41) is 7.80. The smallest absolute Gasteiger partial charge is 0.266 e. The van der Waals surface area contributed by atoms with Gasteiger partial charge in [0.15, 0.2) is 6.61 Å². The van der Waals surface area contributed by atoms with E-state index in [1.54, 1.807) is 30.3 Å². The van der Waals surface area contributed by atoms with Crippen LogP contribution in [0.5, 0.6) is 5.75 Å². The van der Waals surface area contributed by atoms with E-state index >= 15 is 0 Å². The summed E-state index contributed by atoms with van der Waals surface area (Å²) in [7, 11) is 0. The number of hydrogen-bond acceptors (Lipinski definition) is 4. The summed E-state index contributed by atoms with van der Waals surface area (Å²) in [5.74, 6) is 0.437. The second-order valence-corrected chi connectivity index (χ2v) is 6.53. The molecule has 0 saturated carbocycles. The van der Waals surface area contributed by atoms with Gasteiger partial charge in [-0.15, -0.1) is 0 Å². The molecule has 3 aromatic rings. The van der Waals surface area contributed by atoms with E-state index < -0.39 is 0 Å². The highest BCUT2D eigenvalue weighted by Crippen LogP contribution is 2.18. The van der Waals surface area contributed by atoms with Crippen LogP contribution < -0.4 is 15.6 Å². The van der Waals surface area contributed by atoms with E-state index in [-0.39, 0.29) is 18.1 Å². The molecule has 0 bridgehead atoms. The Morgan fingerprint density at radius 1 is 1.04 bits per heavy atom. The van der Waals surface area contributed by atoms with Gasteiger partial charge < -0.3 is 10.1 Å². The first kappa shape index (κ1) is 19.6. The molecule has 0 fully saturated rings. The predicted octanol–water partition coefficient (Wildman–Crippen LogP) is 3.15. The van der Waals surface area contributed by atoms with Crippen molar-refractivity contribution in [3.63, 3.8) is 0 Å². The third-order valence-electron chi connectivity index (χ3n) is 3.99. The average Bonchev–Trinajstić information content (AvgIpc) is 2.72. The number of rotatable bonds is 8. The Labute approximate surface area is 167 Å². The number of carbonyl (C=O) groups is 1. The zero-order valence-corrected chi connectivity index (χ0v) is 15.9. The van der Waals surface area contributed by atoms with E-state index in [1.165, 1.54) is 10.7 Å². The molecule has 3 rings (SSSR count). The van der Waals surface area contributed by atoms with Gasteiger partial charge in [-0.25, -0.2) is 4.68 Å². The van der Waals surface area contributed by atoms with Crippen LogP contribution in [-0.2, 0) is 11.3 Å². The third kappa shape index (κ3) is 5.69. The van der Waals surface area contributed by atoms with Crippen molar-refractivity contribution in [3.8, 4) is 17.0 Å². The van der Waals surface area contributed by atoms with Crippen molar-refractivity contribution in [2.75, 3.05) is 13.2 Å².